The second-order valence-electron chi connectivity index (χ2n) is 4.16. The molecule has 3 rings (SSSR count). The van der Waals surface area contributed by atoms with Crippen molar-refractivity contribution in [3.63, 3.8) is 0 Å². The highest BCUT2D eigenvalue weighted by Crippen LogP contribution is 2.33. The third-order valence-electron chi connectivity index (χ3n) is 3.05. The molecule has 0 radical (unpaired) electrons. The molecule has 1 aliphatic heterocycles. The first-order chi connectivity index (χ1) is 8.36. The predicted octanol–water partition coefficient (Wildman–Crippen LogP) is 2.66. The number of hydrogen-bond acceptors (Lipinski definition) is 3. The van der Waals surface area contributed by atoms with Gasteiger partial charge in [-0.1, -0.05) is 6.07 Å². The molecule has 0 spiro atoms. The van der Waals surface area contributed by atoms with Gasteiger partial charge in [0.1, 0.15) is 5.69 Å². The van der Waals surface area contributed by atoms with Gasteiger partial charge >= 0.3 is 0 Å². The molecule has 1 fully saturated rings. The standard InChI is InChI=1S/C12H13BrN4/c13-10-11(8-4-1-2-6-14-8)16-17-12(10)9-5-3-7-15-9/h1-2,4,6,9,15H,3,5,7H2,(H,16,17). The minimum Gasteiger partial charge on any atom is -0.309 e. The molecule has 0 aliphatic carbocycles. The summed E-state index contributed by atoms with van der Waals surface area (Å²) in [6.07, 6.45) is 4.15. The first-order valence-electron chi connectivity index (χ1n) is 5.75. The minimum absolute atomic E-state index is 0.384. The summed E-state index contributed by atoms with van der Waals surface area (Å²) >= 11 is 3.62. The molecular formula is C12H13BrN4. The summed E-state index contributed by atoms with van der Waals surface area (Å²) in [4.78, 5) is 4.32. The number of nitrogens with zero attached hydrogens (tertiary/aromatic N) is 2. The molecule has 4 nitrogen and oxygen atoms in total. The van der Waals surface area contributed by atoms with Crippen molar-refractivity contribution >= 4 is 15.9 Å². The Morgan fingerprint density at radius 3 is 3.00 bits per heavy atom. The number of nitrogens with one attached hydrogen (secondary N) is 2. The van der Waals surface area contributed by atoms with Gasteiger partial charge in [0, 0.05) is 6.20 Å². The Kier molecular flexibility index (Phi) is 2.94. The number of H-pyrrole nitrogens is 1. The summed E-state index contributed by atoms with van der Waals surface area (Å²) in [5.41, 5.74) is 2.90. The average molecular weight is 293 g/mol. The second-order valence-corrected chi connectivity index (χ2v) is 4.96. The molecule has 1 saturated heterocycles. The van der Waals surface area contributed by atoms with Gasteiger partial charge in [0.25, 0.3) is 0 Å². The van der Waals surface area contributed by atoms with Crippen LogP contribution in [-0.4, -0.2) is 21.7 Å². The molecule has 2 aromatic rings. The fraction of sp³-hybridized carbons (Fsp3) is 0.333. The van der Waals surface area contributed by atoms with Crippen molar-refractivity contribution in [2.75, 3.05) is 6.54 Å². The highest BCUT2D eigenvalue weighted by Gasteiger charge is 2.23. The third-order valence-corrected chi connectivity index (χ3v) is 3.85. The van der Waals surface area contributed by atoms with E-state index in [-0.39, 0.29) is 0 Å². The molecule has 0 bridgehead atoms. The molecule has 3 heterocycles. The van der Waals surface area contributed by atoms with Crippen LogP contribution in [0.2, 0.25) is 0 Å². The molecule has 0 amide bonds. The lowest BCUT2D eigenvalue weighted by atomic mass is 10.1. The van der Waals surface area contributed by atoms with Crippen LogP contribution in [-0.2, 0) is 0 Å². The second kappa shape index (κ2) is 4.58. The Morgan fingerprint density at radius 2 is 2.29 bits per heavy atom. The fourth-order valence-electron chi connectivity index (χ4n) is 2.18. The van der Waals surface area contributed by atoms with Gasteiger partial charge in [-0.3, -0.25) is 10.1 Å². The van der Waals surface area contributed by atoms with Crippen LogP contribution < -0.4 is 5.32 Å². The van der Waals surface area contributed by atoms with Crippen molar-refractivity contribution in [3.05, 3.63) is 34.6 Å². The van der Waals surface area contributed by atoms with Crippen LogP contribution in [0.25, 0.3) is 11.4 Å². The van der Waals surface area contributed by atoms with Gasteiger partial charge < -0.3 is 5.32 Å². The quantitative estimate of drug-likeness (QED) is 0.895. The van der Waals surface area contributed by atoms with Gasteiger partial charge in [0.15, 0.2) is 0 Å². The average Bonchev–Trinajstić information content (AvgIpc) is 2.99. The lowest BCUT2D eigenvalue weighted by molar-refractivity contribution is 0.623. The third kappa shape index (κ3) is 2.00. The van der Waals surface area contributed by atoms with Crippen LogP contribution in [0.5, 0.6) is 0 Å². The summed E-state index contributed by atoms with van der Waals surface area (Å²) in [6, 6.07) is 6.22. The molecule has 88 valence electrons. The van der Waals surface area contributed by atoms with E-state index in [1.165, 1.54) is 6.42 Å². The van der Waals surface area contributed by atoms with Crippen molar-refractivity contribution < 1.29 is 0 Å². The van der Waals surface area contributed by atoms with Gasteiger partial charge in [0.2, 0.25) is 0 Å². The van der Waals surface area contributed by atoms with Crippen molar-refractivity contribution in [3.8, 4) is 11.4 Å². The largest absolute Gasteiger partial charge is 0.309 e. The normalized spacial score (nSPS) is 19.7. The van der Waals surface area contributed by atoms with Gasteiger partial charge in [-0.25, -0.2) is 0 Å². The monoisotopic (exact) mass is 292 g/mol. The Labute approximate surface area is 108 Å². The zero-order valence-corrected chi connectivity index (χ0v) is 10.9. The van der Waals surface area contributed by atoms with Crippen LogP contribution >= 0.6 is 15.9 Å². The number of halogens is 1. The number of rotatable bonds is 2. The molecule has 17 heavy (non-hydrogen) atoms. The smallest absolute Gasteiger partial charge is 0.125 e. The van der Waals surface area contributed by atoms with E-state index in [1.807, 2.05) is 18.2 Å². The van der Waals surface area contributed by atoms with Crippen molar-refractivity contribution in [2.24, 2.45) is 0 Å². The lowest BCUT2D eigenvalue weighted by Crippen LogP contribution is -2.13. The van der Waals surface area contributed by atoms with E-state index in [4.69, 9.17) is 0 Å². The molecule has 2 N–H and O–H groups in total. The summed E-state index contributed by atoms with van der Waals surface area (Å²) in [5.74, 6) is 0. The molecule has 0 saturated carbocycles. The Bertz CT molecular complexity index is 502. The van der Waals surface area contributed by atoms with Gasteiger partial charge in [-0.2, -0.15) is 5.10 Å². The molecule has 0 aromatic carbocycles. The Morgan fingerprint density at radius 1 is 1.35 bits per heavy atom. The minimum atomic E-state index is 0.384. The van der Waals surface area contributed by atoms with Crippen LogP contribution in [0.15, 0.2) is 28.9 Å². The number of aromatic nitrogens is 3. The van der Waals surface area contributed by atoms with Crippen LogP contribution in [0.1, 0.15) is 24.6 Å². The summed E-state index contributed by atoms with van der Waals surface area (Å²) < 4.78 is 1.02. The molecule has 2 aromatic heterocycles. The Balaban J connectivity index is 1.97. The number of pyridine rings is 1. The van der Waals surface area contributed by atoms with Crippen molar-refractivity contribution in [1.29, 1.82) is 0 Å². The van der Waals surface area contributed by atoms with Crippen LogP contribution in [0.4, 0.5) is 0 Å². The molecule has 1 atom stereocenters. The van der Waals surface area contributed by atoms with E-state index in [0.717, 1.165) is 34.5 Å². The van der Waals surface area contributed by atoms with E-state index in [2.05, 4.69) is 36.4 Å². The van der Waals surface area contributed by atoms with E-state index >= 15 is 0 Å². The van der Waals surface area contributed by atoms with E-state index < -0.39 is 0 Å². The van der Waals surface area contributed by atoms with Gasteiger partial charge in [-0.15, -0.1) is 0 Å². The highest BCUT2D eigenvalue weighted by atomic mass is 79.9. The highest BCUT2D eigenvalue weighted by molar-refractivity contribution is 9.10. The maximum Gasteiger partial charge on any atom is 0.125 e. The van der Waals surface area contributed by atoms with Gasteiger partial charge in [0.05, 0.1) is 21.9 Å². The van der Waals surface area contributed by atoms with Gasteiger partial charge in [-0.05, 0) is 47.4 Å². The molecule has 5 heteroatoms. The lowest BCUT2D eigenvalue weighted by Gasteiger charge is -2.07. The van der Waals surface area contributed by atoms with E-state index in [9.17, 15) is 0 Å². The van der Waals surface area contributed by atoms with Crippen molar-refractivity contribution in [1.82, 2.24) is 20.5 Å². The fourth-order valence-corrected chi connectivity index (χ4v) is 2.83. The molecular weight excluding hydrogens is 280 g/mol. The van der Waals surface area contributed by atoms with Crippen LogP contribution in [0.3, 0.4) is 0 Å². The summed E-state index contributed by atoms with van der Waals surface area (Å²) in [5, 5.41) is 10.9. The zero-order chi connectivity index (χ0) is 11.7. The van der Waals surface area contributed by atoms with E-state index in [1.54, 1.807) is 6.20 Å². The SMILES string of the molecule is Brc1c(-c2ccccn2)n[nH]c1C1CCCN1. The topological polar surface area (TPSA) is 53.6 Å². The molecule has 1 unspecified atom stereocenters. The maximum absolute atomic E-state index is 4.36. The predicted molar refractivity (Wildman–Crippen MR) is 69.5 cm³/mol. The van der Waals surface area contributed by atoms with Crippen LogP contribution in [0, 0.1) is 0 Å². The van der Waals surface area contributed by atoms with E-state index in [0.29, 0.717) is 6.04 Å². The summed E-state index contributed by atoms with van der Waals surface area (Å²) in [7, 11) is 0. The number of aromatic amines is 1. The number of hydrogen-bond donors (Lipinski definition) is 2. The molecule has 1 aliphatic rings. The van der Waals surface area contributed by atoms with Crippen molar-refractivity contribution in [2.45, 2.75) is 18.9 Å². The summed E-state index contributed by atoms with van der Waals surface area (Å²) in [6.45, 7) is 1.08. The first kappa shape index (κ1) is 10.9. The zero-order valence-electron chi connectivity index (χ0n) is 9.28. The first-order valence-corrected chi connectivity index (χ1v) is 6.54. The Hall–Kier alpha value is -1.20. The maximum atomic E-state index is 4.36.